The zero-order valence-electron chi connectivity index (χ0n) is 9.18. The number of aromatic nitrogens is 1. The number of hydrogen-bond donors (Lipinski definition) is 1. The van der Waals surface area contributed by atoms with Crippen LogP contribution in [-0.2, 0) is 0 Å². The van der Waals surface area contributed by atoms with Gasteiger partial charge in [-0.05, 0) is 24.1 Å². The van der Waals surface area contributed by atoms with Gasteiger partial charge in [-0.3, -0.25) is 10.4 Å². The van der Waals surface area contributed by atoms with Crippen molar-refractivity contribution in [2.45, 2.75) is 18.2 Å². The Morgan fingerprint density at radius 2 is 2.47 bits per heavy atom. The van der Waals surface area contributed by atoms with Gasteiger partial charge in [-0.25, -0.2) is 0 Å². The molecule has 0 saturated carbocycles. The Hall–Kier alpha value is -1.73. The molecular weight excluding hydrogens is 230 g/mol. The summed E-state index contributed by atoms with van der Waals surface area (Å²) in [5, 5.41) is 5.62. The maximum absolute atomic E-state index is 4.38. The average Bonchev–Trinajstić information content (AvgIpc) is 2.90. The molecule has 0 aromatic carbocycles. The fourth-order valence-electron chi connectivity index (χ4n) is 1.75. The van der Waals surface area contributed by atoms with E-state index in [1.165, 1.54) is 5.57 Å². The average molecular weight is 241 g/mol. The lowest BCUT2D eigenvalue weighted by Crippen LogP contribution is -2.06. The second-order valence-electron chi connectivity index (χ2n) is 3.82. The van der Waals surface area contributed by atoms with Crippen molar-refractivity contribution in [3.63, 3.8) is 0 Å². The molecule has 0 amide bonds. The van der Waals surface area contributed by atoms with E-state index in [4.69, 9.17) is 0 Å². The molecule has 4 heteroatoms. The second kappa shape index (κ2) is 4.64. The van der Waals surface area contributed by atoms with Crippen LogP contribution in [0.2, 0.25) is 0 Å². The molecular formula is C13H11N3S. The van der Waals surface area contributed by atoms with Gasteiger partial charge in [0.15, 0.2) is 0 Å². The minimum Gasteiger partial charge on any atom is -0.291 e. The van der Waals surface area contributed by atoms with E-state index >= 15 is 0 Å². The van der Waals surface area contributed by atoms with Crippen LogP contribution in [0.3, 0.4) is 0 Å². The summed E-state index contributed by atoms with van der Waals surface area (Å²) < 4.78 is 0. The number of nitrogens with zero attached hydrogens (tertiary/aromatic N) is 2. The first-order chi connectivity index (χ1) is 8.43. The lowest BCUT2D eigenvalue weighted by atomic mass is 10.1. The first-order valence-electron chi connectivity index (χ1n) is 5.51. The summed E-state index contributed by atoms with van der Waals surface area (Å²) in [5.41, 5.74) is 5.54. The maximum Gasteiger partial charge on any atom is 0.122 e. The van der Waals surface area contributed by atoms with Crippen LogP contribution in [0, 0.1) is 11.8 Å². The van der Waals surface area contributed by atoms with Crippen molar-refractivity contribution < 1.29 is 0 Å². The van der Waals surface area contributed by atoms with Gasteiger partial charge in [-0.2, -0.15) is 5.10 Å². The highest BCUT2D eigenvalue weighted by Gasteiger charge is 2.23. The van der Waals surface area contributed by atoms with E-state index in [0.29, 0.717) is 0 Å². The molecule has 1 unspecified atom stereocenters. The molecule has 0 radical (unpaired) electrons. The van der Waals surface area contributed by atoms with Gasteiger partial charge in [0.1, 0.15) is 10.4 Å². The zero-order valence-corrected chi connectivity index (χ0v) is 10.00. The first-order valence-corrected chi connectivity index (χ1v) is 6.39. The van der Waals surface area contributed by atoms with Crippen molar-refractivity contribution >= 4 is 16.8 Å². The molecule has 84 valence electrons. The van der Waals surface area contributed by atoms with Crippen molar-refractivity contribution in [1.29, 1.82) is 0 Å². The molecule has 0 spiro atoms. The third-order valence-electron chi connectivity index (χ3n) is 2.64. The summed E-state index contributed by atoms with van der Waals surface area (Å²) in [5.74, 6) is 6.08. The van der Waals surface area contributed by atoms with E-state index in [9.17, 15) is 0 Å². The van der Waals surface area contributed by atoms with Crippen molar-refractivity contribution in [1.82, 2.24) is 10.4 Å². The number of allylic oxidation sites excluding steroid dienone is 1. The van der Waals surface area contributed by atoms with Crippen LogP contribution in [-0.4, -0.2) is 10.0 Å². The summed E-state index contributed by atoms with van der Waals surface area (Å²) in [6, 6.07) is 4.01. The molecule has 1 aromatic rings. The number of thioether (sulfide) groups is 1. The quantitative estimate of drug-likeness (QED) is 0.808. The maximum atomic E-state index is 4.38. The molecule has 17 heavy (non-hydrogen) atoms. The number of nitrogens with one attached hydrogen (secondary N) is 1. The van der Waals surface area contributed by atoms with Crippen LogP contribution in [0.4, 0.5) is 0 Å². The molecule has 1 atom stereocenters. The highest BCUT2D eigenvalue weighted by molar-refractivity contribution is 8.14. The molecule has 0 fully saturated rings. The summed E-state index contributed by atoms with van der Waals surface area (Å²) in [7, 11) is 0. The summed E-state index contributed by atoms with van der Waals surface area (Å²) in [6.07, 6.45) is 7.56. The van der Waals surface area contributed by atoms with E-state index in [0.717, 1.165) is 23.4 Å². The van der Waals surface area contributed by atoms with Crippen LogP contribution in [0.15, 0.2) is 41.3 Å². The van der Waals surface area contributed by atoms with E-state index in [1.54, 1.807) is 18.0 Å². The summed E-state index contributed by atoms with van der Waals surface area (Å²) in [4.78, 5) is 4.13. The first kappa shape index (κ1) is 10.4. The van der Waals surface area contributed by atoms with Crippen LogP contribution < -0.4 is 5.43 Å². The van der Waals surface area contributed by atoms with Gasteiger partial charge >= 0.3 is 0 Å². The van der Waals surface area contributed by atoms with E-state index < -0.39 is 0 Å². The lowest BCUT2D eigenvalue weighted by molar-refractivity contribution is 0.740. The Kier molecular flexibility index (Phi) is 2.85. The van der Waals surface area contributed by atoms with Gasteiger partial charge in [0, 0.05) is 24.4 Å². The minimum absolute atomic E-state index is 0.175. The Labute approximate surface area is 104 Å². The minimum atomic E-state index is 0.175. The lowest BCUT2D eigenvalue weighted by Gasteiger charge is -2.09. The fourth-order valence-corrected chi connectivity index (χ4v) is 2.77. The second-order valence-corrected chi connectivity index (χ2v) is 4.91. The van der Waals surface area contributed by atoms with E-state index in [1.807, 2.05) is 18.3 Å². The topological polar surface area (TPSA) is 37.3 Å². The van der Waals surface area contributed by atoms with Crippen molar-refractivity contribution in [2.24, 2.45) is 5.10 Å². The Morgan fingerprint density at radius 1 is 1.47 bits per heavy atom. The molecule has 0 bridgehead atoms. The molecule has 1 N–H and O–H groups in total. The molecule has 3 rings (SSSR count). The standard InChI is InChI=1S/C13H11N3S/c1-2-5-10(6-3-1)12-15-16-13(17-12)11-7-4-8-14-9-11/h4,6-9,13,16H,2,5H2. The molecule has 0 saturated heterocycles. The number of hydrogen-bond acceptors (Lipinski definition) is 4. The SMILES string of the molecule is C1#CCCC(C2=NNC(c3cccnc3)S2)=C1. The number of hydrazone groups is 1. The molecule has 3 nitrogen and oxygen atoms in total. The monoisotopic (exact) mass is 241 g/mol. The normalized spacial score (nSPS) is 22.0. The number of rotatable bonds is 2. The molecule has 1 aliphatic carbocycles. The van der Waals surface area contributed by atoms with Crippen LogP contribution in [0.25, 0.3) is 0 Å². The predicted octanol–water partition coefficient (Wildman–Crippen LogP) is 2.45. The van der Waals surface area contributed by atoms with Crippen molar-refractivity contribution in [3.8, 4) is 11.8 Å². The summed E-state index contributed by atoms with van der Waals surface area (Å²) >= 11 is 1.73. The highest BCUT2D eigenvalue weighted by Crippen LogP contribution is 2.34. The smallest absolute Gasteiger partial charge is 0.122 e. The van der Waals surface area contributed by atoms with Gasteiger partial charge in [0.25, 0.3) is 0 Å². The fraction of sp³-hybridized carbons (Fsp3) is 0.231. The van der Waals surface area contributed by atoms with Gasteiger partial charge in [-0.1, -0.05) is 29.7 Å². The Balaban J connectivity index is 1.74. The zero-order chi connectivity index (χ0) is 11.5. The largest absolute Gasteiger partial charge is 0.291 e. The van der Waals surface area contributed by atoms with Crippen LogP contribution in [0.1, 0.15) is 23.8 Å². The molecule has 1 aliphatic heterocycles. The summed E-state index contributed by atoms with van der Waals surface area (Å²) in [6.45, 7) is 0. The third kappa shape index (κ3) is 2.20. The predicted molar refractivity (Wildman–Crippen MR) is 70.2 cm³/mol. The van der Waals surface area contributed by atoms with Crippen molar-refractivity contribution in [3.05, 3.63) is 41.7 Å². The van der Waals surface area contributed by atoms with E-state index in [2.05, 4.69) is 33.4 Å². The van der Waals surface area contributed by atoms with Gasteiger partial charge < -0.3 is 0 Å². The van der Waals surface area contributed by atoms with Crippen LogP contribution >= 0.6 is 11.8 Å². The Bertz CT molecular complexity index is 537. The molecule has 1 aromatic heterocycles. The third-order valence-corrected chi connectivity index (χ3v) is 3.83. The van der Waals surface area contributed by atoms with Gasteiger partial charge in [0.05, 0.1) is 0 Å². The van der Waals surface area contributed by atoms with Gasteiger partial charge in [0.2, 0.25) is 0 Å². The van der Waals surface area contributed by atoms with E-state index in [-0.39, 0.29) is 5.37 Å². The van der Waals surface area contributed by atoms with Crippen molar-refractivity contribution in [2.75, 3.05) is 0 Å². The van der Waals surface area contributed by atoms with Gasteiger partial charge in [-0.15, -0.1) is 0 Å². The number of pyridine rings is 1. The van der Waals surface area contributed by atoms with Crippen LogP contribution in [0.5, 0.6) is 0 Å². The Morgan fingerprint density at radius 3 is 3.24 bits per heavy atom. The highest BCUT2D eigenvalue weighted by atomic mass is 32.2. The molecule has 2 aliphatic rings. The molecule has 2 heterocycles.